The van der Waals surface area contributed by atoms with E-state index in [1.165, 1.54) is 77.9 Å². The van der Waals surface area contributed by atoms with Gasteiger partial charge in [0.1, 0.15) is 0 Å². The number of hydrogen-bond donors (Lipinski definition) is 2. The van der Waals surface area contributed by atoms with Crippen LogP contribution in [0.2, 0.25) is 0 Å². The molecule has 0 radical (unpaired) electrons. The standard InChI is InChI=1S/C51H42N2/c1-33-29-43(23-27-49(33)52)51(44-24-28-50(53)34(2)30-44)47-31-41(39-17-13-37(14-18-39)35-9-5-3-6-10-35)21-25-45(47)46-26-22-42(32-48(46)51)40-19-15-38(16-20-40)36-11-7-4-8-12-36/h3-21,23-25,27-32H,22,26,52-53H2,1-2H3. The monoisotopic (exact) mass is 682 g/mol. The lowest BCUT2D eigenvalue weighted by Crippen LogP contribution is -2.30. The van der Waals surface area contributed by atoms with E-state index in [9.17, 15) is 0 Å². The van der Waals surface area contributed by atoms with Crippen molar-refractivity contribution in [3.05, 3.63) is 214 Å². The molecular weight excluding hydrogens is 641 g/mol. The van der Waals surface area contributed by atoms with Crippen molar-refractivity contribution in [1.29, 1.82) is 0 Å². The van der Waals surface area contributed by atoms with Gasteiger partial charge in [0.25, 0.3) is 0 Å². The fraction of sp³-hybridized carbons (Fsp3) is 0.0980. The molecule has 0 unspecified atom stereocenters. The van der Waals surface area contributed by atoms with Gasteiger partial charge in [0.05, 0.1) is 5.41 Å². The molecule has 0 aliphatic heterocycles. The first-order chi connectivity index (χ1) is 25.9. The van der Waals surface area contributed by atoms with E-state index in [4.69, 9.17) is 11.5 Å². The maximum absolute atomic E-state index is 6.51. The third-order valence-electron chi connectivity index (χ3n) is 11.5. The van der Waals surface area contributed by atoms with Gasteiger partial charge in [0.2, 0.25) is 0 Å². The number of allylic oxidation sites excluding steroid dienone is 4. The molecule has 256 valence electrons. The van der Waals surface area contributed by atoms with E-state index in [-0.39, 0.29) is 0 Å². The van der Waals surface area contributed by atoms with Gasteiger partial charge >= 0.3 is 0 Å². The van der Waals surface area contributed by atoms with Crippen molar-refractivity contribution in [1.82, 2.24) is 0 Å². The minimum Gasteiger partial charge on any atom is -0.399 e. The molecule has 0 fully saturated rings. The van der Waals surface area contributed by atoms with Crippen LogP contribution in [0.15, 0.2) is 175 Å². The van der Waals surface area contributed by atoms with Crippen LogP contribution in [0, 0.1) is 13.8 Å². The second-order valence-electron chi connectivity index (χ2n) is 14.6. The molecule has 0 saturated carbocycles. The lowest BCUT2D eigenvalue weighted by atomic mass is 9.65. The maximum atomic E-state index is 6.51. The highest BCUT2D eigenvalue weighted by Crippen LogP contribution is 2.59. The lowest BCUT2D eigenvalue weighted by Gasteiger charge is -2.37. The summed E-state index contributed by atoms with van der Waals surface area (Å²) in [5.74, 6) is 0. The van der Waals surface area contributed by atoms with E-state index in [1.807, 2.05) is 0 Å². The van der Waals surface area contributed by atoms with E-state index in [1.54, 1.807) is 0 Å². The van der Waals surface area contributed by atoms with Crippen LogP contribution in [0.1, 0.15) is 51.8 Å². The number of aryl methyl sites for hydroxylation is 2. The van der Waals surface area contributed by atoms with E-state index in [2.05, 4.69) is 184 Å². The molecule has 2 nitrogen and oxygen atoms in total. The molecule has 0 heterocycles. The molecule has 7 aromatic carbocycles. The first kappa shape index (κ1) is 32.5. The van der Waals surface area contributed by atoms with Gasteiger partial charge in [-0.1, -0.05) is 152 Å². The average Bonchev–Trinajstić information content (AvgIpc) is 3.50. The summed E-state index contributed by atoms with van der Waals surface area (Å²) in [4.78, 5) is 0. The van der Waals surface area contributed by atoms with Crippen molar-refractivity contribution >= 4 is 22.5 Å². The summed E-state index contributed by atoms with van der Waals surface area (Å²) in [5.41, 5.74) is 33.9. The number of nitrogens with two attached hydrogens (primary N) is 2. The molecule has 53 heavy (non-hydrogen) atoms. The second kappa shape index (κ2) is 13.0. The summed E-state index contributed by atoms with van der Waals surface area (Å²) in [6.07, 6.45) is 4.44. The molecule has 0 spiro atoms. The Morgan fingerprint density at radius 1 is 0.434 bits per heavy atom. The summed E-state index contributed by atoms with van der Waals surface area (Å²) in [7, 11) is 0. The fourth-order valence-electron chi connectivity index (χ4n) is 8.61. The van der Waals surface area contributed by atoms with Crippen molar-refractivity contribution in [2.24, 2.45) is 0 Å². The zero-order valence-electron chi connectivity index (χ0n) is 30.2. The van der Waals surface area contributed by atoms with Gasteiger partial charge in [0.15, 0.2) is 0 Å². The van der Waals surface area contributed by atoms with Crippen molar-refractivity contribution in [2.45, 2.75) is 32.1 Å². The molecule has 0 atom stereocenters. The third kappa shape index (κ3) is 5.50. The Morgan fingerprint density at radius 3 is 1.40 bits per heavy atom. The molecule has 7 aromatic rings. The minimum atomic E-state index is -0.572. The predicted molar refractivity (Wildman–Crippen MR) is 224 cm³/mol. The van der Waals surface area contributed by atoms with Gasteiger partial charge in [-0.2, -0.15) is 0 Å². The van der Waals surface area contributed by atoms with Gasteiger partial charge in [-0.3, -0.25) is 0 Å². The number of hydrogen-bond acceptors (Lipinski definition) is 2. The largest absolute Gasteiger partial charge is 0.399 e. The van der Waals surface area contributed by atoms with E-state index >= 15 is 0 Å². The van der Waals surface area contributed by atoms with Crippen LogP contribution in [0.4, 0.5) is 11.4 Å². The normalized spacial score (nSPS) is 14.4. The summed E-state index contributed by atoms with van der Waals surface area (Å²) in [5, 5.41) is 0. The first-order valence-electron chi connectivity index (χ1n) is 18.5. The van der Waals surface area contributed by atoms with Gasteiger partial charge in [-0.25, -0.2) is 0 Å². The van der Waals surface area contributed by atoms with Crippen molar-refractivity contribution in [3.63, 3.8) is 0 Å². The summed E-state index contributed by atoms with van der Waals surface area (Å²) >= 11 is 0. The number of nitrogen functional groups attached to an aromatic ring is 2. The smallest absolute Gasteiger partial charge is 0.0710 e. The van der Waals surface area contributed by atoms with Gasteiger partial charge < -0.3 is 11.5 Å². The zero-order valence-corrected chi connectivity index (χ0v) is 30.2. The molecule has 9 rings (SSSR count). The van der Waals surface area contributed by atoms with E-state index < -0.39 is 5.41 Å². The third-order valence-corrected chi connectivity index (χ3v) is 11.5. The van der Waals surface area contributed by atoms with Crippen LogP contribution in [0.25, 0.3) is 44.5 Å². The zero-order chi connectivity index (χ0) is 36.1. The highest BCUT2D eigenvalue weighted by atomic mass is 14.6. The lowest BCUT2D eigenvalue weighted by molar-refractivity contribution is 0.756. The predicted octanol–water partition coefficient (Wildman–Crippen LogP) is 12.4. The maximum Gasteiger partial charge on any atom is 0.0710 e. The Hall–Kier alpha value is -6.38. The van der Waals surface area contributed by atoms with Crippen LogP contribution in [-0.4, -0.2) is 0 Å². The number of fused-ring (bicyclic) bond motifs is 2. The fourth-order valence-corrected chi connectivity index (χ4v) is 8.61. The Balaban J connectivity index is 1.25. The topological polar surface area (TPSA) is 52.0 Å². The molecule has 0 amide bonds. The molecule has 0 aromatic heterocycles. The molecule has 2 aliphatic rings. The van der Waals surface area contributed by atoms with E-state index in [0.717, 1.165) is 35.3 Å². The summed E-state index contributed by atoms with van der Waals surface area (Å²) in [6.45, 7) is 4.24. The van der Waals surface area contributed by atoms with Crippen LogP contribution < -0.4 is 11.5 Å². The van der Waals surface area contributed by atoms with Crippen LogP contribution >= 0.6 is 0 Å². The quantitative estimate of drug-likeness (QED) is 0.172. The number of benzene rings is 7. The molecule has 0 saturated heterocycles. The van der Waals surface area contributed by atoms with Crippen molar-refractivity contribution < 1.29 is 0 Å². The molecule has 0 bridgehead atoms. The summed E-state index contributed by atoms with van der Waals surface area (Å²) < 4.78 is 0. The van der Waals surface area contributed by atoms with Gasteiger partial charge in [-0.15, -0.1) is 0 Å². The van der Waals surface area contributed by atoms with Crippen LogP contribution in [-0.2, 0) is 5.41 Å². The second-order valence-corrected chi connectivity index (χ2v) is 14.6. The van der Waals surface area contributed by atoms with Gasteiger partial charge in [0, 0.05) is 11.4 Å². The Morgan fingerprint density at radius 2 is 0.887 bits per heavy atom. The van der Waals surface area contributed by atoms with Crippen LogP contribution in [0.5, 0.6) is 0 Å². The molecule has 2 heteroatoms. The van der Waals surface area contributed by atoms with Crippen LogP contribution in [0.3, 0.4) is 0 Å². The SMILES string of the molecule is Cc1cc(C2(c3ccc(N)c(C)c3)C3=C(CCC(c4ccc(-c5ccccc5)cc4)=C3)c3ccc(-c4ccc(-c5ccccc5)cc4)cc32)ccc1N. The molecule has 2 aliphatic carbocycles. The highest BCUT2D eigenvalue weighted by Gasteiger charge is 2.48. The Kier molecular flexibility index (Phi) is 7.97. The van der Waals surface area contributed by atoms with Crippen molar-refractivity contribution in [3.8, 4) is 33.4 Å². The highest BCUT2D eigenvalue weighted by molar-refractivity contribution is 5.94. The van der Waals surface area contributed by atoms with Crippen molar-refractivity contribution in [2.75, 3.05) is 11.5 Å². The Labute approximate surface area is 312 Å². The first-order valence-corrected chi connectivity index (χ1v) is 18.5. The average molecular weight is 683 g/mol. The number of rotatable bonds is 6. The Bertz CT molecular complexity index is 2500. The van der Waals surface area contributed by atoms with E-state index in [0.29, 0.717) is 0 Å². The molecular formula is C51H42N2. The van der Waals surface area contributed by atoms with Gasteiger partial charge in [-0.05, 0) is 134 Å². The minimum absolute atomic E-state index is 0.572. The molecule has 4 N–H and O–H groups in total. The number of anilines is 2. The summed E-state index contributed by atoms with van der Waals surface area (Å²) in [6, 6.07) is 59.6.